The molecule has 0 aliphatic carbocycles. The van der Waals surface area contributed by atoms with Crippen LogP contribution in [0, 0.1) is 11.8 Å². The van der Waals surface area contributed by atoms with Gasteiger partial charge in [-0.15, -0.1) is 11.8 Å². The molecule has 6 unspecified atom stereocenters. The first kappa shape index (κ1) is 17.5. The summed E-state index contributed by atoms with van der Waals surface area (Å²) in [7, 11) is 0. The van der Waals surface area contributed by atoms with Crippen molar-refractivity contribution in [2.24, 2.45) is 11.8 Å². The summed E-state index contributed by atoms with van der Waals surface area (Å²) < 4.78 is 0. The SMILES string of the molecule is CC(O)C1C(=O)N2C(C(=O)O)=C(SC3CNC(c4nc[nH]n4)C3)C(C)C12. The average molecular weight is 379 g/mol. The van der Waals surface area contributed by atoms with E-state index in [1.807, 2.05) is 6.92 Å². The third kappa shape index (κ3) is 2.55. The maximum atomic E-state index is 12.4. The van der Waals surface area contributed by atoms with Crippen LogP contribution in [0.5, 0.6) is 0 Å². The van der Waals surface area contributed by atoms with Gasteiger partial charge >= 0.3 is 5.97 Å². The number of hydrogen-bond donors (Lipinski definition) is 4. The number of carboxylic acid groups (broad SMARTS) is 1. The Bertz CT molecular complexity index is 765. The van der Waals surface area contributed by atoms with Crippen molar-refractivity contribution in [3.63, 3.8) is 0 Å². The molecular formula is C16H21N5O4S. The molecule has 6 atom stereocenters. The standard InChI is InChI=1S/C16H21N5O4S/c1-6-11-10(7(2)22)15(23)21(11)12(16(24)25)13(6)26-8-3-9(17-4-8)14-18-5-19-20-14/h5-11,17,22H,3-4H2,1-2H3,(H,24,25)(H,18,19,20). The average Bonchev–Trinajstić information content (AvgIpc) is 3.28. The maximum absolute atomic E-state index is 12.4. The van der Waals surface area contributed by atoms with Gasteiger partial charge < -0.3 is 20.4 Å². The minimum absolute atomic E-state index is 0.0354. The molecule has 10 heteroatoms. The Morgan fingerprint density at radius 3 is 2.88 bits per heavy atom. The molecule has 0 saturated carbocycles. The molecule has 1 amide bonds. The molecular weight excluding hydrogens is 358 g/mol. The Kier molecular flexibility index (Phi) is 4.28. The van der Waals surface area contributed by atoms with Gasteiger partial charge in [-0.3, -0.25) is 9.89 Å². The molecule has 26 heavy (non-hydrogen) atoms. The van der Waals surface area contributed by atoms with E-state index in [9.17, 15) is 19.8 Å². The number of nitrogens with zero attached hydrogens (tertiary/aromatic N) is 3. The topological polar surface area (TPSA) is 131 Å². The van der Waals surface area contributed by atoms with Gasteiger partial charge in [-0.2, -0.15) is 5.10 Å². The first-order valence-corrected chi connectivity index (χ1v) is 9.52. The predicted molar refractivity (Wildman–Crippen MR) is 92.8 cm³/mol. The summed E-state index contributed by atoms with van der Waals surface area (Å²) >= 11 is 1.52. The lowest BCUT2D eigenvalue weighted by Gasteiger charge is -2.46. The molecule has 4 heterocycles. The van der Waals surface area contributed by atoms with Crippen LogP contribution in [0.4, 0.5) is 0 Å². The summed E-state index contributed by atoms with van der Waals surface area (Å²) in [5.74, 6) is -1.32. The van der Waals surface area contributed by atoms with E-state index in [0.29, 0.717) is 12.4 Å². The van der Waals surface area contributed by atoms with Crippen molar-refractivity contribution < 1.29 is 19.8 Å². The lowest BCUT2D eigenvalue weighted by molar-refractivity contribution is -0.163. The third-order valence-corrected chi connectivity index (χ3v) is 6.95. The minimum atomic E-state index is -1.09. The number of carbonyl (C=O) groups is 2. The van der Waals surface area contributed by atoms with Crippen LogP contribution in [0.3, 0.4) is 0 Å². The number of aromatic nitrogens is 3. The van der Waals surface area contributed by atoms with Crippen LogP contribution in [0.25, 0.3) is 0 Å². The van der Waals surface area contributed by atoms with E-state index in [-0.39, 0.29) is 34.9 Å². The number of rotatable bonds is 5. The molecule has 4 rings (SSSR count). The number of nitrogens with one attached hydrogen (secondary N) is 2. The van der Waals surface area contributed by atoms with Crippen molar-refractivity contribution in [1.29, 1.82) is 0 Å². The number of fused-ring (bicyclic) bond motifs is 1. The monoisotopic (exact) mass is 379 g/mol. The van der Waals surface area contributed by atoms with E-state index in [1.54, 1.807) is 6.92 Å². The highest BCUT2D eigenvalue weighted by Gasteiger charge is 2.60. The lowest BCUT2D eigenvalue weighted by Crippen LogP contribution is -2.63. The quantitative estimate of drug-likeness (QED) is 0.530. The Hall–Kier alpha value is -1.91. The van der Waals surface area contributed by atoms with Crippen molar-refractivity contribution in [2.75, 3.05) is 6.54 Å². The molecule has 140 valence electrons. The number of aromatic amines is 1. The van der Waals surface area contributed by atoms with Gasteiger partial charge in [0.25, 0.3) is 0 Å². The Morgan fingerprint density at radius 2 is 2.27 bits per heavy atom. The van der Waals surface area contributed by atoms with Crippen molar-refractivity contribution in [2.45, 2.75) is 43.7 Å². The summed E-state index contributed by atoms with van der Waals surface area (Å²) in [4.78, 5) is 30.4. The number of β-lactam (4-membered cyclic amide) rings is 1. The molecule has 1 aromatic heterocycles. The number of hydrogen-bond acceptors (Lipinski definition) is 7. The van der Waals surface area contributed by atoms with E-state index < -0.39 is 18.0 Å². The van der Waals surface area contributed by atoms with Crippen LogP contribution >= 0.6 is 11.8 Å². The van der Waals surface area contributed by atoms with Crippen LogP contribution in [0.15, 0.2) is 16.9 Å². The molecule has 2 saturated heterocycles. The Balaban J connectivity index is 1.54. The van der Waals surface area contributed by atoms with Gasteiger partial charge in [0.2, 0.25) is 5.91 Å². The molecule has 1 aromatic rings. The second-order valence-electron chi connectivity index (χ2n) is 7.07. The van der Waals surface area contributed by atoms with Gasteiger partial charge in [0.05, 0.1) is 24.1 Å². The largest absolute Gasteiger partial charge is 0.477 e. The summed E-state index contributed by atoms with van der Waals surface area (Å²) in [6, 6.07) is -0.234. The van der Waals surface area contributed by atoms with Crippen molar-refractivity contribution in [3.8, 4) is 0 Å². The molecule has 3 aliphatic heterocycles. The van der Waals surface area contributed by atoms with E-state index in [4.69, 9.17) is 0 Å². The molecule has 2 fully saturated rings. The van der Waals surface area contributed by atoms with E-state index in [2.05, 4.69) is 20.5 Å². The van der Waals surface area contributed by atoms with Crippen LogP contribution in [-0.2, 0) is 9.59 Å². The van der Waals surface area contributed by atoms with Gasteiger partial charge in [-0.25, -0.2) is 9.78 Å². The molecule has 9 nitrogen and oxygen atoms in total. The van der Waals surface area contributed by atoms with Crippen LogP contribution in [-0.4, -0.2) is 66.1 Å². The Morgan fingerprint density at radius 1 is 1.50 bits per heavy atom. The Labute approximate surface area is 154 Å². The zero-order chi connectivity index (χ0) is 18.6. The molecule has 0 bridgehead atoms. The van der Waals surface area contributed by atoms with Gasteiger partial charge in [0.1, 0.15) is 12.0 Å². The molecule has 0 radical (unpaired) electrons. The highest BCUT2D eigenvalue weighted by Crippen LogP contribution is 2.52. The van der Waals surface area contributed by atoms with Gasteiger partial charge in [0.15, 0.2) is 5.82 Å². The smallest absolute Gasteiger partial charge is 0.353 e. The van der Waals surface area contributed by atoms with Gasteiger partial charge in [-0.1, -0.05) is 6.92 Å². The predicted octanol–water partition coefficient (Wildman–Crippen LogP) is 0.0946. The van der Waals surface area contributed by atoms with Gasteiger partial charge in [0, 0.05) is 22.6 Å². The van der Waals surface area contributed by atoms with Crippen LogP contribution in [0.1, 0.15) is 32.1 Å². The fourth-order valence-electron chi connectivity index (χ4n) is 4.23. The lowest BCUT2D eigenvalue weighted by atomic mass is 9.79. The highest BCUT2D eigenvalue weighted by atomic mass is 32.2. The highest BCUT2D eigenvalue weighted by molar-refractivity contribution is 8.03. The van der Waals surface area contributed by atoms with Crippen molar-refractivity contribution >= 4 is 23.6 Å². The number of carboxylic acids is 1. The second-order valence-corrected chi connectivity index (χ2v) is 8.41. The minimum Gasteiger partial charge on any atom is -0.477 e. The van der Waals surface area contributed by atoms with Crippen LogP contribution < -0.4 is 5.32 Å². The third-order valence-electron chi connectivity index (χ3n) is 5.44. The van der Waals surface area contributed by atoms with E-state index in [0.717, 1.165) is 11.3 Å². The number of aliphatic carboxylic acids is 1. The number of thioether (sulfide) groups is 1. The van der Waals surface area contributed by atoms with Crippen LogP contribution in [0.2, 0.25) is 0 Å². The summed E-state index contributed by atoms with van der Waals surface area (Å²) in [5.41, 5.74) is 0.0794. The zero-order valence-corrected chi connectivity index (χ0v) is 15.2. The number of H-pyrrole nitrogens is 1. The first-order chi connectivity index (χ1) is 12.4. The van der Waals surface area contributed by atoms with Crippen molar-refractivity contribution in [3.05, 3.63) is 22.8 Å². The number of amides is 1. The summed E-state index contributed by atoms with van der Waals surface area (Å²) in [6.45, 7) is 4.24. The fourth-order valence-corrected chi connectivity index (χ4v) is 5.71. The number of aliphatic hydroxyl groups excluding tert-OH is 1. The van der Waals surface area contributed by atoms with Crippen molar-refractivity contribution in [1.82, 2.24) is 25.4 Å². The number of carbonyl (C=O) groups excluding carboxylic acids is 1. The van der Waals surface area contributed by atoms with E-state index in [1.165, 1.54) is 23.0 Å². The van der Waals surface area contributed by atoms with Gasteiger partial charge in [-0.05, 0) is 13.3 Å². The molecule has 3 aliphatic rings. The van der Waals surface area contributed by atoms with E-state index >= 15 is 0 Å². The molecule has 0 aromatic carbocycles. The molecule has 0 spiro atoms. The summed E-state index contributed by atoms with van der Waals surface area (Å²) in [6.07, 6.45) is 1.53. The number of aliphatic hydroxyl groups is 1. The first-order valence-electron chi connectivity index (χ1n) is 8.64. The fraction of sp³-hybridized carbons (Fsp3) is 0.625. The maximum Gasteiger partial charge on any atom is 0.353 e. The normalized spacial score (nSPS) is 34.8. The zero-order valence-electron chi connectivity index (χ0n) is 14.4. The molecule has 4 N–H and O–H groups in total. The summed E-state index contributed by atoms with van der Waals surface area (Å²) in [5, 5.41) is 29.9. The second kappa shape index (κ2) is 6.36.